The lowest BCUT2D eigenvalue weighted by Crippen LogP contribution is -2.22. The number of aromatic nitrogens is 4. The number of aliphatic carboxylic acids is 1. The van der Waals surface area contributed by atoms with E-state index in [4.69, 9.17) is 5.11 Å². The summed E-state index contributed by atoms with van der Waals surface area (Å²) in [7, 11) is 0. The first-order chi connectivity index (χ1) is 16.3. The van der Waals surface area contributed by atoms with E-state index >= 15 is 0 Å². The van der Waals surface area contributed by atoms with E-state index < -0.39 is 17.7 Å². The van der Waals surface area contributed by atoms with Crippen LogP contribution < -0.4 is 4.90 Å². The molecule has 5 rings (SSSR count). The van der Waals surface area contributed by atoms with Gasteiger partial charge in [-0.15, -0.1) is 0 Å². The van der Waals surface area contributed by atoms with Gasteiger partial charge in [-0.05, 0) is 36.1 Å². The Morgan fingerprint density at radius 3 is 2.44 bits per heavy atom. The molecule has 1 aliphatic rings. The number of imidazole rings is 1. The Hall–Kier alpha value is -3.95. The topological polar surface area (TPSA) is 95.0 Å². The smallest absolute Gasteiger partial charge is 0.416 e. The normalized spacial score (nSPS) is 16.3. The van der Waals surface area contributed by atoms with Gasteiger partial charge in [0, 0.05) is 43.0 Å². The number of benzene rings is 2. The molecule has 1 saturated heterocycles. The number of hydrogen-bond acceptors (Lipinski definition) is 5. The molecule has 1 unspecified atom stereocenters. The monoisotopic (exact) mass is 467 g/mol. The van der Waals surface area contributed by atoms with E-state index in [1.807, 2.05) is 29.2 Å². The molecule has 2 aromatic heterocycles. The Morgan fingerprint density at radius 2 is 1.76 bits per heavy atom. The number of carbonyl (C=O) groups is 1. The highest BCUT2D eigenvalue weighted by Crippen LogP contribution is 2.32. The fourth-order valence-corrected chi connectivity index (χ4v) is 4.20. The van der Waals surface area contributed by atoms with Crippen molar-refractivity contribution in [1.29, 1.82) is 0 Å². The zero-order chi connectivity index (χ0) is 23.9. The second-order valence-electron chi connectivity index (χ2n) is 8.36. The van der Waals surface area contributed by atoms with Crippen LogP contribution >= 0.6 is 0 Å². The number of halogens is 3. The van der Waals surface area contributed by atoms with Gasteiger partial charge in [0.1, 0.15) is 5.82 Å². The minimum Gasteiger partial charge on any atom is -0.481 e. The van der Waals surface area contributed by atoms with E-state index in [1.165, 1.54) is 6.07 Å². The average Bonchev–Trinajstić information content (AvgIpc) is 3.45. The Bertz CT molecular complexity index is 1330. The maximum atomic E-state index is 13.0. The fourth-order valence-electron chi connectivity index (χ4n) is 4.20. The highest BCUT2D eigenvalue weighted by molar-refractivity contribution is 5.80. The first kappa shape index (κ1) is 21.9. The zero-order valence-electron chi connectivity index (χ0n) is 17.9. The van der Waals surface area contributed by atoms with Gasteiger partial charge in [0.15, 0.2) is 0 Å². The van der Waals surface area contributed by atoms with Gasteiger partial charge in [-0.25, -0.2) is 15.0 Å². The third kappa shape index (κ3) is 4.43. The number of nitrogens with one attached hydrogen (secondary N) is 1. The number of carboxylic acids is 1. The van der Waals surface area contributed by atoms with Crippen LogP contribution in [0.15, 0.2) is 54.9 Å². The molecule has 10 heteroatoms. The minimum atomic E-state index is -4.41. The average molecular weight is 467 g/mol. The van der Waals surface area contributed by atoms with Crippen LogP contribution in [0.3, 0.4) is 0 Å². The molecule has 1 atom stereocenters. The van der Waals surface area contributed by atoms with Gasteiger partial charge in [-0.3, -0.25) is 4.79 Å². The Kier molecular flexibility index (Phi) is 5.43. The summed E-state index contributed by atoms with van der Waals surface area (Å²) in [6, 6.07) is 10.9. The molecule has 2 N–H and O–H groups in total. The Balaban J connectivity index is 1.31. The number of alkyl halides is 3. The van der Waals surface area contributed by atoms with Gasteiger partial charge in [0.05, 0.1) is 16.6 Å². The quantitative estimate of drug-likeness (QED) is 0.429. The van der Waals surface area contributed by atoms with E-state index in [2.05, 4.69) is 19.9 Å². The predicted molar refractivity (Wildman–Crippen MR) is 120 cm³/mol. The maximum absolute atomic E-state index is 13.0. The van der Waals surface area contributed by atoms with Gasteiger partial charge < -0.3 is 15.0 Å². The van der Waals surface area contributed by atoms with Crippen LogP contribution in [0.2, 0.25) is 0 Å². The van der Waals surface area contributed by atoms with E-state index in [0.29, 0.717) is 29.4 Å². The van der Waals surface area contributed by atoms with Crippen molar-refractivity contribution >= 4 is 23.0 Å². The maximum Gasteiger partial charge on any atom is 0.416 e. The highest BCUT2D eigenvalue weighted by Gasteiger charge is 2.30. The van der Waals surface area contributed by atoms with E-state index in [-0.39, 0.29) is 12.3 Å². The molecule has 0 bridgehead atoms. The fraction of sp³-hybridized carbons (Fsp3) is 0.250. The SMILES string of the molecule is O=C(O)CC1CCN(c2ncc(-c3ccc(-c4nc5ccc(C(F)(F)F)cc5[nH]4)cc3)cn2)C1. The highest BCUT2D eigenvalue weighted by atomic mass is 19.4. The molecule has 0 saturated carbocycles. The van der Waals surface area contributed by atoms with Gasteiger partial charge in [-0.2, -0.15) is 13.2 Å². The molecular weight excluding hydrogens is 447 g/mol. The number of fused-ring (bicyclic) bond motifs is 1. The molecule has 7 nitrogen and oxygen atoms in total. The Morgan fingerprint density at radius 1 is 1.06 bits per heavy atom. The number of rotatable bonds is 5. The molecule has 0 spiro atoms. The molecule has 34 heavy (non-hydrogen) atoms. The van der Waals surface area contributed by atoms with Crippen LogP contribution in [0.4, 0.5) is 19.1 Å². The van der Waals surface area contributed by atoms with E-state index in [9.17, 15) is 18.0 Å². The Labute approximate surface area is 192 Å². The van der Waals surface area contributed by atoms with Crippen LogP contribution in [0.1, 0.15) is 18.4 Å². The molecule has 1 aliphatic heterocycles. The summed E-state index contributed by atoms with van der Waals surface area (Å²) in [6.45, 7) is 1.36. The van der Waals surface area contributed by atoms with Crippen molar-refractivity contribution in [3.8, 4) is 22.5 Å². The van der Waals surface area contributed by atoms with Crippen LogP contribution in [-0.4, -0.2) is 44.1 Å². The molecule has 3 heterocycles. The lowest BCUT2D eigenvalue weighted by atomic mass is 10.1. The molecule has 0 amide bonds. The first-order valence-corrected chi connectivity index (χ1v) is 10.7. The lowest BCUT2D eigenvalue weighted by Gasteiger charge is -2.16. The second kappa shape index (κ2) is 8.44. The molecule has 1 fully saturated rings. The number of hydrogen-bond donors (Lipinski definition) is 2. The van der Waals surface area contributed by atoms with E-state index in [1.54, 1.807) is 12.4 Å². The summed E-state index contributed by atoms with van der Waals surface area (Å²) in [5, 5.41) is 8.97. The summed E-state index contributed by atoms with van der Waals surface area (Å²) in [5.74, 6) is 0.373. The summed E-state index contributed by atoms with van der Waals surface area (Å²) in [5.41, 5.74) is 2.51. The van der Waals surface area contributed by atoms with Crippen LogP contribution in [0.25, 0.3) is 33.5 Å². The third-order valence-electron chi connectivity index (χ3n) is 5.97. The number of carboxylic acid groups (broad SMARTS) is 1. The summed E-state index contributed by atoms with van der Waals surface area (Å²) in [4.78, 5) is 29.2. The molecule has 2 aromatic carbocycles. The van der Waals surface area contributed by atoms with Gasteiger partial charge in [0.2, 0.25) is 5.95 Å². The predicted octanol–water partition coefficient (Wildman–Crippen LogP) is 5.01. The number of nitrogens with zero attached hydrogens (tertiary/aromatic N) is 4. The molecular formula is C24H20F3N5O2. The number of aromatic amines is 1. The van der Waals surface area contributed by atoms with Gasteiger partial charge in [0.25, 0.3) is 0 Å². The zero-order valence-corrected chi connectivity index (χ0v) is 17.9. The largest absolute Gasteiger partial charge is 0.481 e. The van der Waals surface area contributed by atoms with Crippen LogP contribution in [0.5, 0.6) is 0 Å². The van der Waals surface area contributed by atoms with Crippen LogP contribution in [-0.2, 0) is 11.0 Å². The van der Waals surface area contributed by atoms with Crippen molar-refractivity contribution in [3.05, 3.63) is 60.4 Å². The summed E-state index contributed by atoms with van der Waals surface area (Å²) < 4.78 is 38.9. The van der Waals surface area contributed by atoms with Crippen molar-refractivity contribution in [3.63, 3.8) is 0 Å². The third-order valence-corrected chi connectivity index (χ3v) is 5.97. The summed E-state index contributed by atoms with van der Waals surface area (Å²) in [6.07, 6.45) is -0.00897. The van der Waals surface area contributed by atoms with Gasteiger partial charge >= 0.3 is 12.1 Å². The molecule has 0 radical (unpaired) electrons. The van der Waals surface area contributed by atoms with Crippen molar-refractivity contribution in [2.75, 3.05) is 18.0 Å². The van der Waals surface area contributed by atoms with Crippen molar-refractivity contribution in [2.24, 2.45) is 5.92 Å². The molecule has 0 aliphatic carbocycles. The van der Waals surface area contributed by atoms with Crippen molar-refractivity contribution in [1.82, 2.24) is 19.9 Å². The number of anilines is 1. The summed E-state index contributed by atoms with van der Waals surface area (Å²) >= 11 is 0. The van der Waals surface area contributed by atoms with Crippen LogP contribution in [0, 0.1) is 5.92 Å². The second-order valence-corrected chi connectivity index (χ2v) is 8.36. The van der Waals surface area contributed by atoms with Crippen molar-refractivity contribution < 1.29 is 23.1 Å². The molecule has 4 aromatic rings. The standard InChI is InChI=1S/C24H20F3N5O2/c25-24(26,27)18-5-6-19-20(10-18)31-22(30-19)16-3-1-15(2-4-16)17-11-28-23(29-12-17)32-8-7-14(13-32)9-21(33)34/h1-6,10-12,14H,7-9,13H2,(H,30,31)(H,33,34). The first-order valence-electron chi connectivity index (χ1n) is 10.7. The van der Waals surface area contributed by atoms with E-state index in [0.717, 1.165) is 41.8 Å². The molecule has 174 valence electrons. The minimum absolute atomic E-state index is 0.103. The number of H-pyrrole nitrogens is 1. The lowest BCUT2D eigenvalue weighted by molar-refractivity contribution is -0.138. The van der Waals surface area contributed by atoms with Gasteiger partial charge in [-0.1, -0.05) is 24.3 Å². The van der Waals surface area contributed by atoms with Crippen molar-refractivity contribution in [2.45, 2.75) is 19.0 Å².